The van der Waals surface area contributed by atoms with E-state index in [4.69, 9.17) is 47.7 Å². The molecule has 39 heavy (non-hydrogen) atoms. The summed E-state index contributed by atoms with van der Waals surface area (Å²) in [5, 5.41) is 11.4. The molecule has 0 radical (unpaired) electrons. The van der Waals surface area contributed by atoms with Crippen LogP contribution in [0.5, 0.6) is 5.75 Å². The Kier molecular flexibility index (Phi) is 20.5. The Morgan fingerprint density at radius 3 is 1.41 bits per heavy atom. The minimum absolute atomic E-state index is 0.0243. The van der Waals surface area contributed by atoms with Crippen molar-refractivity contribution in [2.75, 3.05) is 124 Å². The Balaban J connectivity index is 1.22. The third kappa shape index (κ3) is 18.2. The van der Waals surface area contributed by atoms with E-state index in [1.165, 1.54) is 0 Å². The van der Waals surface area contributed by atoms with Gasteiger partial charge in [0.05, 0.1) is 112 Å². The second-order valence-corrected chi connectivity index (χ2v) is 8.34. The monoisotopic (exact) mass is 559 g/mol. The Bertz CT molecular complexity index is 738. The third-order valence-corrected chi connectivity index (χ3v) is 5.31. The molecule has 2 N–H and O–H groups in total. The zero-order chi connectivity index (χ0) is 27.6. The molecule has 1 aromatic carbocycles. The molecule has 1 aliphatic rings. The van der Waals surface area contributed by atoms with Crippen molar-refractivity contribution in [3.8, 4) is 5.75 Å². The highest BCUT2D eigenvalue weighted by Gasteiger charge is 2.14. The molecule has 1 amide bonds. The van der Waals surface area contributed by atoms with Gasteiger partial charge in [-0.25, -0.2) is 0 Å². The van der Waals surface area contributed by atoms with E-state index in [0.29, 0.717) is 124 Å². The number of amides is 1. The van der Waals surface area contributed by atoms with Crippen molar-refractivity contribution in [2.24, 2.45) is 0 Å². The maximum absolute atomic E-state index is 11.5. The number of carbonyl (C=O) groups is 1. The van der Waals surface area contributed by atoms with Crippen molar-refractivity contribution in [1.82, 2.24) is 0 Å². The lowest BCUT2D eigenvalue weighted by molar-refractivity contribution is -0.116. The lowest BCUT2D eigenvalue weighted by Crippen LogP contribution is -2.19. The molecule has 224 valence electrons. The van der Waals surface area contributed by atoms with Gasteiger partial charge in [-0.05, 0) is 18.1 Å². The highest BCUT2D eigenvalue weighted by Crippen LogP contribution is 2.27. The number of hydrogen-bond donors (Lipinski definition) is 2. The van der Waals surface area contributed by atoms with E-state index >= 15 is 0 Å². The number of ether oxygens (including phenoxy) is 9. The molecule has 12 heteroatoms. The van der Waals surface area contributed by atoms with Crippen LogP contribution in [0, 0.1) is 0 Å². The number of anilines is 1. The molecule has 1 aliphatic heterocycles. The van der Waals surface area contributed by atoms with E-state index in [2.05, 4.69) is 5.32 Å². The predicted octanol–water partition coefficient (Wildman–Crippen LogP) is 1.08. The van der Waals surface area contributed by atoms with E-state index in [1.807, 2.05) is 18.2 Å². The van der Waals surface area contributed by atoms with Crippen molar-refractivity contribution >= 4 is 11.6 Å². The number of hydrogen-bond acceptors (Lipinski definition) is 11. The number of nitrogens with one attached hydrogen (secondary N) is 1. The van der Waals surface area contributed by atoms with Crippen LogP contribution in [-0.2, 0) is 49.1 Å². The van der Waals surface area contributed by atoms with Gasteiger partial charge in [0, 0.05) is 18.2 Å². The normalized spacial score (nSPS) is 12.9. The number of aliphatic hydroxyl groups is 1. The molecule has 0 saturated carbocycles. The van der Waals surface area contributed by atoms with E-state index in [9.17, 15) is 4.79 Å². The number of fused-ring (bicyclic) bond motifs is 1. The SMILES string of the molecule is O=C1CCc2ccc(OCCOCCOCCOCCOCCOCCOCCOCCOCCO)cc2N1. The summed E-state index contributed by atoms with van der Waals surface area (Å²) in [5.41, 5.74) is 1.96. The van der Waals surface area contributed by atoms with Crippen LogP contribution in [0.4, 0.5) is 5.69 Å². The summed E-state index contributed by atoms with van der Waals surface area (Å²) in [6.07, 6.45) is 1.29. The zero-order valence-corrected chi connectivity index (χ0v) is 22.9. The molecular weight excluding hydrogens is 514 g/mol. The number of aryl methyl sites for hydroxylation is 1. The molecule has 12 nitrogen and oxygen atoms in total. The largest absolute Gasteiger partial charge is 0.491 e. The van der Waals surface area contributed by atoms with E-state index in [0.717, 1.165) is 17.7 Å². The first-order valence-corrected chi connectivity index (χ1v) is 13.6. The average Bonchev–Trinajstić information content (AvgIpc) is 2.94. The second kappa shape index (κ2) is 24.0. The standard InChI is InChI=1S/C27H45NO11/c29-5-6-31-7-8-32-9-10-33-11-12-34-13-14-35-15-16-36-17-18-37-19-20-38-21-22-39-25-3-1-24-2-4-27(30)28-26(24)23-25/h1,3,23,29H,2,4-22H2,(H,28,30). The van der Waals surface area contributed by atoms with Crippen LogP contribution in [0.15, 0.2) is 18.2 Å². The highest BCUT2D eigenvalue weighted by molar-refractivity contribution is 5.94. The molecule has 0 atom stereocenters. The number of benzene rings is 1. The molecule has 2 rings (SSSR count). The fourth-order valence-electron chi connectivity index (χ4n) is 3.37. The van der Waals surface area contributed by atoms with Crippen molar-refractivity contribution in [1.29, 1.82) is 0 Å². The summed E-state index contributed by atoms with van der Waals surface area (Å²) in [4.78, 5) is 11.5. The smallest absolute Gasteiger partial charge is 0.224 e. The topological polar surface area (TPSA) is 132 Å². The first-order valence-electron chi connectivity index (χ1n) is 13.6. The fourth-order valence-corrected chi connectivity index (χ4v) is 3.37. The van der Waals surface area contributed by atoms with Gasteiger partial charge in [-0.2, -0.15) is 0 Å². The van der Waals surface area contributed by atoms with E-state index < -0.39 is 0 Å². The van der Waals surface area contributed by atoms with Gasteiger partial charge in [-0.15, -0.1) is 0 Å². The number of rotatable bonds is 27. The Labute approximate surface area is 231 Å². The molecule has 1 heterocycles. The number of carbonyl (C=O) groups excluding carboxylic acids is 1. The molecule has 0 aromatic heterocycles. The van der Waals surface area contributed by atoms with Crippen LogP contribution < -0.4 is 10.1 Å². The fraction of sp³-hybridized carbons (Fsp3) is 0.741. The first-order chi connectivity index (χ1) is 19.3. The Hall–Kier alpha value is -1.87. The maximum Gasteiger partial charge on any atom is 0.224 e. The average molecular weight is 560 g/mol. The third-order valence-electron chi connectivity index (χ3n) is 5.31. The molecule has 0 bridgehead atoms. The highest BCUT2D eigenvalue weighted by atomic mass is 16.6. The Morgan fingerprint density at radius 1 is 0.564 bits per heavy atom. The van der Waals surface area contributed by atoms with Gasteiger partial charge < -0.3 is 53.1 Å². The van der Waals surface area contributed by atoms with Gasteiger partial charge >= 0.3 is 0 Å². The summed E-state index contributed by atoms with van der Waals surface area (Å²) in [6, 6.07) is 5.76. The summed E-state index contributed by atoms with van der Waals surface area (Å²) in [7, 11) is 0. The summed E-state index contributed by atoms with van der Waals surface area (Å²) in [6.45, 7) is 8.16. The van der Waals surface area contributed by atoms with Crippen LogP contribution in [0.25, 0.3) is 0 Å². The molecule has 0 saturated heterocycles. The van der Waals surface area contributed by atoms with E-state index in [1.54, 1.807) is 0 Å². The van der Waals surface area contributed by atoms with Gasteiger partial charge in [-0.3, -0.25) is 4.79 Å². The summed E-state index contributed by atoms with van der Waals surface area (Å²) < 4.78 is 48.8. The summed E-state index contributed by atoms with van der Waals surface area (Å²) >= 11 is 0. The minimum atomic E-state index is 0.0243. The Morgan fingerprint density at radius 2 is 0.974 bits per heavy atom. The van der Waals surface area contributed by atoms with Crippen LogP contribution in [0.2, 0.25) is 0 Å². The van der Waals surface area contributed by atoms with Crippen molar-refractivity contribution in [3.05, 3.63) is 23.8 Å². The van der Waals surface area contributed by atoms with Crippen LogP contribution in [0.3, 0.4) is 0 Å². The quantitative estimate of drug-likeness (QED) is 0.150. The van der Waals surface area contributed by atoms with Gasteiger partial charge in [0.2, 0.25) is 5.91 Å². The molecule has 0 spiro atoms. The van der Waals surface area contributed by atoms with Crippen molar-refractivity contribution in [3.63, 3.8) is 0 Å². The lowest BCUT2D eigenvalue weighted by Gasteiger charge is -2.17. The molecule has 0 aliphatic carbocycles. The molecular formula is C27H45NO11. The first kappa shape index (κ1) is 33.3. The zero-order valence-electron chi connectivity index (χ0n) is 22.9. The van der Waals surface area contributed by atoms with Crippen LogP contribution in [-0.4, -0.2) is 130 Å². The van der Waals surface area contributed by atoms with E-state index in [-0.39, 0.29) is 12.5 Å². The van der Waals surface area contributed by atoms with Gasteiger partial charge in [0.15, 0.2) is 0 Å². The molecule has 1 aromatic rings. The van der Waals surface area contributed by atoms with Crippen LogP contribution >= 0.6 is 0 Å². The van der Waals surface area contributed by atoms with Gasteiger partial charge in [0.25, 0.3) is 0 Å². The van der Waals surface area contributed by atoms with Gasteiger partial charge in [-0.1, -0.05) is 6.07 Å². The van der Waals surface area contributed by atoms with Crippen molar-refractivity contribution < 1.29 is 52.5 Å². The van der Waals surface area contributed by atoms with Gasteiger partial charge in [0.1, 0.15) is 12.4 Å². The molecule has 0 fully saturated rings. The second-order valence-electron chi connectivity index (χ2n) is 8.34. The lowest BCUT2D eigenvalue weighted by atomic mass is 10.0. The molecule has 0 unspecified atom stereocenters. The minimum Gasteiger partial charge on any atom is -0.491 e. The predicted molar refractivity (Wildman–Crippen MR) is 143 cm³/mol. The summed E-state index contributed by atoms with van der Waals surface area (Å²) in [5.74, 6) is 0.755. The maximum atomic E-state index is 11.5. The van der Waals surface area contributed by atoms with Crippen LogP contribution in [0.1, 0.15) is 12.0 Å². The van der Waals surface area contributed by atoms with Crippen molar-refractivity contribution in [2.45, 2.75) is 12.8 Å². The number of aliphatic hydroxyl groups excluding tert-OH is 1.